The van der Waals surface area contributed by atoms with Crippen molar-refractivity contribution >= 4 is 18.5 Å². The fraction of sp³-hybridized carbons (Fsp3) is 0.0769. The molecule has 0 aromatic heterocycles. The Bertz CT molecular complexity index is 496. The van der Waals surface area contributed by atoms with Crippen molar-refractivity contribution in [1.29, 1.82) is 0 Å². The van der Waals surface area contributed by atoms with E-state index in [1.807, 2.05) is 36.4 Å². The van der Waals surface area contributed by atoms with Crippen molar-refractivity contribution in [2.24, 2.45) is 0 Å². The van der Waals surface area contributed by atoms with E-state index in [0.29, 0.717) is 9.85 Å². The van der Waals surface area contributed by atoms with Crippen LogP contribution >= 0.6 is 0 Å². The zero-order valence-corrected chi connectivity index (χ0v) is 9.48. The van der Waals surface area contributed by atoms with Crippen LogP contribution in [-0.4, -0.2) is 4.17 Å². The highest BCUT2D eigenvalue weighted by Gasteiger charge is 2.03. The van der Waals surface area contributed by atoms with Gasteiger partial charge in [0.25, 0.3) is 0 Å². The third-order valence-corrected chi connectivity index (χ3v) is 2.58. The maximum Gasteiger partial charge on any atom is 0.238 e. The van der Waals surface area contributed by atoms with Crippen molar-refractivity contribution in [1.82, 2.24) is 0 Å². The van der Waals surface area contributed by atoms with Gasteiger partial charge in [0, 0.05) is 17.0 Å². The first kappa shape index (κ1) is 10.8. The molecular weight excluding hydrogens is 218 g/mol. The van der Waals surface area contributed by atoms with Crippen LogP contribution in [0.1, 0.15) is 11.1 Å². The number of benzene rings is 2. The topological polar surface area (TPSA) is 20.1 Å². The molecule has 0 saturated heterocycles. The molecule has 0 radical (unpaired) electrons. The third kappa shape index (κ3) is 2.64. The summed E-state index contributed by atoms with van der Waals surface area (Å²) < 4.78 is 0.467. The van der Waals surface area contributed by atoms with Gasteiger partial charge in [0.2, 0.25) is 5.69 Å². The SMILES string of the molecule is O=[N+]([S-])c1cccc(Cc2ccccc2)c1. The molecule has 0 aliphatic heterocycles. The maximum absolute atomic E-state index is 11.0. The second kappa shape index (κ2) is 4.86. The van der Waals surface area contributed by atoms with E-state index in [4.69, 9.17) is 0 Å². The Hall–Kier alpha value is -1.74. The molecule has 0 unspecified atom stereocenters. The second-order valence-corrected chi connectivity index (χ2v) is 3.92. The lowest BCUT2D eigenvalue weighted by molar-refractivity contribution is -0.262. The maximum atomic E-state index is 11.0. The molecule has 0 spiro atoms. The quantitative estimate of drug-likeness (QED) is 0.595. The highest BCUT2D eigenvalue weighted by molar-refractivity contribution is 7.51. The number of nitroso groups, excluding NO2 is 1. The molecule has 2 nitrogen and oxygen atoms in total. The summed E-state index contributed by atoms with van der Waals surface area (Å²) in [7, 11) is 0. The number of hydrogen-bond acceptors (Lipinski definition) is 2. The molecule has 2 rings (SSSR count). The van der Waals surface area contributed by atoms with Gasteiger partial charge >= 0.3 is 0 Å². The highest BCUT2D eigenvalue weighted by atomic mass is 32.1. The molecule has 0 amide bonds. The third-order valence-electron chi connectivity index (χ3n) is 2.37. The van der Waals surface area contributed by atoms with E-state index in [2.05, 4.69) is 24.9 Å². The summed E-state index contributed by atoms with van der Waals surface area (Å²) in [6, 6.07) is 17.5. The van der Waals surface area contributed by atoms with Crippen LogP contribution in [0.2, 0.25) is 0 Å². The summed E-state index contributed by atoms with van der Waals surface area (Å²) in [5.74, 6) is 0. The lowest BCUT2D eigenvalue weighted by Gasteiger charge is -2.02. The molecular formula is C13H11NOS. The second-order valence-electron chi connectivity index (χ2n) is 3.59. The Morgan fingerprint density at radius 2 is 1.62 bits per heavy atom. The van der Waals surface area contributed by atoms with Crippen LogP contribution in [-0.2, 0) is 19.2 Å². The summed E-state index contributed by atoms with van der Waals surface area (Å²) in [5.41, 5.74) is 2.83. The van der Waals surface area contributed by atoms with Crippen LogP contribution in [0, 0.1) is 4.91 Å². The molecule has 0 saturated carbocycles. The van der Waals surface area contributed by atoms with Gasteiger partial charge in [-0.1, -0.05) is 46.6 Å². The number of hydrogen-bond donors (Lipinski definition) is 0. The van der Waals surface area contributed by atoms with E-state index in [1.165, 1.54) is 5.56 Å². The van der Waals surface area contributed by atoms with Crippen LogP contribution in [0.25, 0.3) is 0 Å². The summed E-state index contributed by atoms with van der Waals surface area (Å²) in [5, 5.41) is 0. The van der Waals surface area contributed by atoms with Crippen LogP contribution < -0.4 is 0 Å². The van der Waals surface area contributed by atoms with Gasteiger partial charge in [-0.25, -0.2) is 0 Å². The molecule has 16 heavy (non-hydrogen) atoms. The van der Waals surface area contributed by atoms with E-state index in [1.54, 1.807) is 6.07 Å². The molecule has 0 fully saturated rings. The summed E-state index contributed by atoms with van der Waals surface area (Å²) in [4.78, 5) is 11.0. The fourth-order valence-electron chi connectivity index (χ4n) is 1.61. The Labute approximate surface area is 100 Å². The average Bonchev–Trinajstić information content (AvgIpc) is 2.30. The van der Waals surface area contributed by atoms with Crippen LogP contribution in [0.15, 0.2) is 54.6 Å². The summed E-state index contributed by atoms with van der Waals surface area (Å²) in [6.45, 7) is 0. The lowest BCUT2D eigenvalue weighted by Crippen LogP contribution is -1.91. The van der Waals surface area contributed by atoms with Gasteiger partial charge in [-0.15, -0.1) is 0 Å². The molecule has 3 heteroatoms. The lowest BCUT2D eigenvalue weighted by atomic mass is 10.0. The first-order valence-corrected chi connectivity index (χ1v) is 5.39. The van der Waals surface area contributed by atoms with Gasteiger partial charge in [-0.2, -0.15) is 0 Å². The highest BCUT2D eigenvalue weighted by Crippen LogP contribution is 2.16. The number of nitrogens with zero attached hydrogens (tertiary/aromatic N) is 1. The zero-order chi connectivity index (χ0) is 11.4. The van der Waals surface area contributed by atoms with Gasteiger partial charge in [-0.3, -0.25) is 0 Å². The van der Waals surface area contributed by atoms with Crippen LogP contribution in [0.4, 0.5) is 5.69 Å². The minimum Gasteiger partial charge on any atom is -0.364 e. The zero-order valence-electron chi connectivity index (χ0n) is 8.67. The monoisotopic (exact) mass is 229 g/mol. The standard InChI is InChI=1S/C13H11NOS/c15-14(16)13-8-4-7-12(10-13)9-11-5-2-1-3-6-11/h1-8,10H,9H2. The molecule has 0 N–H and O–H groups in total. The normalized spacial score (nSPS) is 10.0. The summed E-state index contributed by atoms with van der Waals surface area (Å²) >= 11 is 4.55. The minimum absolute atomic E-state index is 0.467. The Morgan fingerprint density at radius 1 is 0.938 bits per heavy atom. The molecule has 0 atom stereocenters. The van der Waals surface area contributed by atoms with Crippen LogP contribution in [0.3, 0.4) is 0 Å². The van der Waals surface area contributed by atoms with E-state index < -0.39 is 0 Å². The number of rotatable bonds is 3. The average molecular weight is 229 g/mol. The Kier molecular flexibility index (Phi) is 3.27. The van der Waals surface area contributed by atoms with Gasteiger partial charge in [-0.05, 0) is 17.5 Å². The van der Waals surface area contributed by atoms with Gasteiger partial charge in [0.05, 0.1) is 0 Å². The van der Waals surface area contributed by atoms with Gasteiger partial charge in [0.1, 0.15) is 0 Å². The van der Waals surface area contributed by atoms with Crippen molar-refractivity contribution in [2.75, 3.05) is 0 Å². The predicted octanol–water partition coefficient (Wildman–Crippen LogP) is 3.15. The fourth-order valence-corrected chi connectivity index (χ4v) is 1.73. The molecule has 80 valence electrons. The van der Waals surface area contributed by atoms with Crippen molar-refractivity contribution in [3.8, 4) is 0 Å². The summed E-state index contributed by atoms with van der Waals surface area (Å²) in [6.07, 6.45) is 0.817. The van der Waals surface area contributed by atoms with E-state index in [9.17, 15) is 4.91 Å². The minimum atomic E-state index is 0.467. The van der Waals surface area contributed by atoms with Crippen molar-refractivity contribution in [3.63, 3.8) is 0 Å². The molecule has 2 aromatic rings. The Morgan fingerprint density at radius 3 is 2.31 bits per heavy atom. The predicted molar refractivity (Wildman–Crippen MR) is 66.3 cm³/mol. The van der Waals surface area contributed by atoms with Gasteiger partial charge in [0.15, 0.2) is 0 Å². The molecule has 0 bridgehead atoms. The Balaban J connectivity index is 2.22. The molecule has 0 aliphatic carbocycles. The molecule has 0 heterocycles. The van der Waals surface area contributed by atoms with E-state index in [-0.39, 0.29) is 0 Å². The first-order chi connectivity index (χ1) is 7.75. The molecule has 0 aliphatic rings. The molecule has 2 aromatic carbocycles. The van der Waals surface area contributed by atoms with Crippen LogP contribution in [0.5, 0.6) is 0 Å². The van der Waals surface area contributed by atoms with Crippen molar-refractivity contribution in [2.45, 2.75) is 6.42 Å². The smallest absolute Gasteiger partial charge is 0.238 e. The van der Waals surface area contributed by atoms with Crippen molar-refractivity contribution in [3.05, 3.63) is 70.6 Å². The van der Waals surface area contributed by atoms with Gasteiger partial charge < -0.3 is 12.8 Å². The van der Waals surface area contributed by atoms with Crippen molar-refractivity contribution < 1.29 is 4.17 Å². The first-order valence-electron chi connectivity index (χ1n) is 5.03. The van der Waals surface area contributed by atoms with E-state index >= 15 is 0 Å². The van der Waals surface area contributed by atoms with E-state index in [0.717, 1.165) is 12.0 Å². The largest absolute Gasteiger partial charge is 0.364 e.